The Bertz CT molecular complexity index is 308. The number of halogens is 3. The quantitative estimate of drug-likeness (QED) is 0.684. The van der Waals surface area contributed by atoms with Gasteiger partial charge in [-0.3, -0.25) is 4.79 Å². The zero-order chi connectivity index (χ0) is 15.7. The van der Waals surface area contributed by atoms with E-state index in [1.807, 2.05) is 6.92 Å². The highest BCUT2D eigenvalue weighted by Crippen LogP contribution is 2.17. The number of carbonyl (C=O) groups excluding carboxylic acids is 1. The van der Waals surface area contributed by atoms with E-state index in [1.54, 1.807) is 0 Å². The van der Waals surface area contributed by atoms with E-state index >= 15 is 0 Å². The van der Waals surface area contributed by atoms with E-state index in [0.717, 1.165) is 4.90 Å². The first-order valence-electron chi connectivity index (χ1n) is 7.15. The highest BCUT2D eigenvalue weighted by Gasteiger charge is 2.33. The third-order valence-electron chi connectivity index (χ3n) is 3.06. The van der Waals surface area contributed by atoms with Gasteiger partial charge in [0.2, 0.25) is 5.91 Å². The third kappa shape index (κ3) is 8.23. The molecule has 0 bridgehead atoms. The van der Waals surface area contributed by atoms with Crippen LogP contribution in [-0.4, -0.2) is 69.1 Å². The van der Waals surface area contributed by atoms with E-state index in [2.05, 4.69) is 5.32 Å². The molecule has 21 heavy (non-hydrogen) atoms. The number of hydrogen-bond donors (Lipinski definition) is 1. The van der Waals surface area contributed by atoms with Crippen LogP contribution < -0.4 is 5.32 Å². The van der Waals surface area contributed by atoms with Crippen molar-refractivity contribution >= 4 is 5.91 Å². The van der Waals surface area contributed by atoms with Gasteiger partial charge in [-0.25, -0.2) is 0 Å². The topological polar surface area (TPSA) is 50.8 Å². The number of hydrogen-bond acceptors (Lipinski definition) is 4. The molecule has 1 unspecified atom stereocenters. The fraction of sp³-hybridized carbons (Fsp3) is 0.923. The molecule has 1 heterocycles. The van der Waals surface area contributed by atoms with Gasteiger partial charge in [0.25, 0.3) is 0 Å². The fourth-order valence-electron chi connectivity index (χ4n) is 2.10. The fourth-order valence-corrected chi connectivity index (χ4v) is 2.10. The average Bonchev–Trinajstić information content (AvgIpc) is 2.42. The van der Waals surface area contributed by atoms with Gasteiger partial charge < -0.3 is 19.7 Å². The van der Waals surface area contributed by atoms with Crippen molar-refractivity contribution in [3.05, 3.63) is 0 Å². The van der Waals surface area contributed by atoms with Gasteiger partial charge in [-0.05, 0) is 13.3 Å². The van der Waals surface area contributed by atoms with Crippen LogP contribution in [0.1, 0.15) is 19.8 Å². The summed E-state index contributed by atoms with van der Waals surface area (Å²) in [6, 6.07) is -0.214. The Morgan fingerprint density at radius 2 is 2.24 bits per heavy atom. The maximum absolute atomic E-state index is 12.6. The predicted octanol–water partition coefficient (Wildman–Crippen LogP) is 1.18. The summed E-state index contributed by atoms with van der Waals surface area (Å²) in [6.45, 7) is 3.03. The number of alkyl halides is 3. The zero-order valence-electron chi connectivity index (χ0n) is 12.2. The van der Waals surface area contributed by atoms with Crippen LogP contribution in [0.15, 0.2) is 0 Å². The lowest BCUT2D eigenvalue weighted by Gasteiger charge is -2.28. The number of amides is 1. The smallest absolute Gasteiger partial charge is 0.382 e. The van der Waals surface area contributed by atoms with Crippen molar-refractivity contribution < 1.29 is 27.4 Å². The zero-order valence-corrected chi connectivity index (χ0v) is 12.2. The summed E-state index contributed by atoms with van der Waals surface area (Å²) in [5.74, 6) is -0.508. The van der Waals surface area contributed by atoms with E-state index in [-0.39, 0.29) is 19.0 Å². The minimum atomic E-state index is -4.39. The van der Waals surface area contributed by atoms with Crippen molar-refractivity contribution in [2.45, 2.75) is 32.0 Å². The van der Waals surface area contributed by atoms with Gasteiger partial charge in [-0.15, -0.1) is 0 Å². The van der Waals surface area contributed by atoms with Gasteiger partial charge in [-0.1, -0.05) is 0 Å². The van der Waals surface area contributed by atoms with Gasteiger partial charge in [0.1, 0.15) is 6.54 Å². The number of ether oxygens (including phenoxy) is 2. The van der Waals surface area contributed by atoms with Crippen molar-refractivity contribution in [3.63, 3.8) is 0 Å². The monoisotopic (exact) mass is 312 g/mol. The first-order valence-corrected chi connectivity index (χ1v) is 7.15. The van der Waals surface area contributed by atoms with E-state index in [1.165, 1.54) is 0 Å². The number of carbonyl (C=O) groups is 1. The van der Waals surface area contributed by atoms with Crippen molar-refractivity contribution in [2.75, 3.05) is 46.1 Å². The molecule has 1 amide bonds. The molecule has 0 saturated carbocycles. The molecule has 1 saturated heterocycles. The van der Waals surface area contributed by atoms with E-state index in [9.17, 15) is 18.0 Å². The molecule has 1 atom stereocenters. The predicted molar refractivity (Wildman–Crippen MR) is 71.0 cm³/mol. The van der Waals surface area contributed by atoms with Crippen LogP contribution >= 0.6 is 0 Å². The average molecular weight is 312 g/mol. The van der Waals surface area contributed by atoms with Crippen LogP contribution in [-0.2, 0) is 14.3 Å². The summed E-state index contributed by atoms with van der Waals surface area (Å²) in [4.78, 5) is 12.9. The normalized spacial score (nSPS) is 19.5. The number of morpholine rings is 1. The summed E-state index contributed by atoms with van der Waals surface area (Å²) >= 11 is 0. The molecule has 1 aliphatic heterocycles. The van der Waals surface area contributed by atoms with E-state index < -0.39 is 18.6 Å². The largest absolute Gasteiger partial charge is 0.406 e. The molecule has 124 valence electrons. The Labute approximate surface area is 122 Å². The molecule has 1 N–H and O–H groups in total. The van der Waals surface area contributed by atoms with Crippen molar-refractivity contribution in [3.8, 4) is 0 Å². The summed E-state index contributed by atoms with van der Waals surface area (Å²) < 4.78 is 48.0. The van der Waals surface area contributed by atoms with E-state index in [4.69, 9.17) is 9.47 Å². The highest BCUT2D eigenvalue weighted by atomic mass is 19.4. The van der Waals surface area contributed by atoms with Gasteiger partial charge in [-0.2, -0.15) is 13.2 Å². The van der Waals surface area contributed by atoms with Crippen LogP contribution in [0.3, 0.4) is 0 Å². The van der Waals surface area contributed by atoms with Crippen molar-refractivity contribution in [1.82, 2.24) is 10.2 Å². The van der Waals surface area contributed by atoms with Crippen LogP contribution in [0.5, 0.6) is 0 Å². The molecule has 0 aliphatic carbocycles. The molecule has 1 aliphatic rings. The minimum absolute atomic E-state index is 0.0186. The van der Waals surface area contributed by atoms with Crippen LogP contribution in [0.2, 0.25) is 0 Å². The standard InChI is InChI=1S/C13H23F3N2O3/c1-2-20-6-3-5-18(10-13(14,15)16)12(19)8-11-9-21-7-4-17-11/h11,17H,2-10H2,1H3. The molecule has 0 aromatic carbocycles. The SMILES string of the molecule is CCOCCCN(CC(F)(F)F)C(=O)CC1COCCN1. The Hall–Kier alpha value is -0.860. The van der Waals surface area contributed by atoms with Crippen LogP contribution in [0.4, 0.5) is 13.2 Å². The molecule has 0 aromatic heterocycles. The molecule has 0 spiro atoms. The lowest BCUT2D eigenvalue weighted by molar-refractivity contribution is -0.162. The van der Waals surface area contributed by atoms with Gasteiger partial charge in [0.05, 0.1) is 13.2 Å². The van der Waals surface area contributed by atoms with E-state index in [0.29, 0.717) is 39.4 Å². The number of nitrogens with one attached hydrogen (secondary N) is 1. The second-order valence-corrected chi connectivity index (χ2v) is 4.91. The first-order chi connectivity index (χ1) is 9.92. The molecular formula is C13H23F3N2O3. The Morgan fingerprint density at radius 1 is 1.48 bits per heavy atom. The molecule has 0 radical (unpaired) electrons. The second kappa shape index (κ2) is 9.22. The maximum Gasteiger partial charge on any atom is 0.406 e. The molecular weight excluding hydrogens is 289 g/mol. The molecule has 8 heteroatoms. The molecule has 5 nitrogen and oxygen atoms in total. The maximum atomic E-state index is 12.6. The molecule has 0 aromatic rings. The second-order valence-electron chi connectivity index (χ2n) is 4.91. The Morgan fingerprint density at radius 3 is 2.81 bits per heavy atom. The Balaban J connectivity index is 2.46. The summed E-state index contributed by atoms with van der Waals surface area (Å²) in [5.41, 5.74) is 0. The number of nitrogens with zero attached hydrogens (tertiary/aromatic N) is 1. The number of rotatable bonds is 8. The summed E-state index contributed by atoms with van der Waals surface area (Å²) in [6.07, 6.45) is -3.98. The lowest BCUT2D eigenvalue weighted by Crippen LogP contribution is -2.47. The van der Waals surface area contributed by atoms with Crippen molar-refractivity contribution in [2.24, 2.45) is 0 Å². The van der Waals surface area contributed by atoms with Gasteiger partial charge >= 0.3 is 6.18 Å². The lowest BCUT2D eigenvalue weighted by atomic mass is 10.1. The third-order valence-corrected chi connectivity index (χ3v) is 3.06. The first kappa shape index (κ1) is 18.2. The molecule has 1 fully saturated rings. The van der Waals surface area contributed by atoms with Crippen LogP contribution in [0, 0.1) is 0 Å². The van der Waals surface area contributed by atoms with Gasteiger partial charge in [0, 0.05) is 38.8 Å². The van der Waals surface area contributed by atoms with Crippen LogP contribution in [0.25, 0.3) is 0 Å². The summed E-state index contributed by atoms with van der Waals surface area (Å²) in [7, 11) is 0. The van der Waals surface area contributed by atoms with Crippen molar-refractivity contribution in [1.29, 1.82) is 0 Å². The Kier molecular flexibility index (Phi) is 7.98. The molecule has 1 rings (SSSR count). The highest BCUT2D eigenvalue weighted by molar-refractivity contribution is 5.77. The minimum Gasteiger partial charge on any atom is -0.382 e. The van der Waals surface area contributed by atoms with Gasteiger partial charge in [0.15, 0.2) is 0 Å². The summed E-state index contributed by atoms with van der Waals surface area (Å²) in [5, 5.41) is 3.07.